The van der Waals surface area contributed by atoms with Gasteiger partial charge < -0.3 is 19.3 Å². The quantitative estimate of drug-likeness (QED) is 0.320. The fraction of sp³-hybridized carbons (Fsp3) is 0.167. The normalized spacial score (nSPS) is 12.3. The minimum atomic E-state index is -0.348. The summed E-state index contributed by atoms with van der Waals surface area (Å²) in [6, 6.07) is 7.02. The van der Waals surface area contributed by atoms with Crippen LogP contribution in [0.25, 0.3) is 6.08 Å². The van der Waals surface area contributed by atoms with Gasteiger partial charge in [0.25, 0.3) is 0 Å². The van der Waals surface area contributed by atoms with Gasteiger partial charge in [0, 0.05) is 12.1 Å². The molecule has 30 heavy (non-hydrogen) atoms. The highest BCUT2D eigenvalue weighted by Gasteiger charge is 2.13. The number of nitrogens with zero attached hydrogens (tertiary/aromatic N) is 3. The number of aryl methyl sites for hydroxylation is 1. The Labute approximate surface area is 178 Å². The molecule has 2 N–H and O–H groups in total. The van der Waals surface area contributed by atoms with Gasteiger partial charge in [-0.25, -0.2) is 0 Å². The molecule has 0 radical (unpaired) electrons. The molecule has 0 spiro atoms. The molecular formula is C18H15N5O5S2. The highest BCUT2D eigenvalue weighted by Crippen LogP contribution is 2.32. The maximum atomic E-state index is 12.1. The first-order chi connectivity index (χ1) is 14.5. The van der Waals surface area contributed by atoms with E-state index < -0.39 is 0 Å². The lowest BCUT2D eigenvalue weighted by Crippen LogP contribution is -2.14. The summed E-state index contributed by atoms with van der Waals surface area (Å²) in [6.45, 7) is 1.93. The molecule has 10 nitrogen and oxygen atoms in total. The van der Waals surface area contributed by atoms with Crippen molar-refractivity contribution in [2.45, 2.75) is 11.3 Å². The third-order valence-corrected chi connectivity index (χ3v) is 5.65. The van der Waals surface area contributed by atoms with E-state index in [1.165, 1.54) is 29.2 Å². The third kappa shape index (κ3) is 5.15. The van der Waals surface area contributed by atoms with Crippen LogP contribution in [0, 0.1) is 6.92 Å². The Morgan fingerprint density at radius 2 is 2.07 bits per heavy atom. The molecule has 3 aromatic rings. The number of ether oxygens (including phenoxy) is 2. The lowest BCUT2D eigenvalue weighted by atomic mass is 10.2. The number of nitrogens with one attached hydrogen (secondary N) is 2. The zero-order chi connectivity index (χ0) is 20.9. The summed E-state index contributed by atoms with van der Waals surface area (Å²) in [7, 11) is 0. The van der Waals surface area contributed by atoms with Crippen LogP contribution in [0.3, 0.4) is 0 Å². The molecule has 2 aromatic heterocycles. The van der Waals surface area contributed by atoms with Crippen LogP contribution >= 0.6 is 23.1 Å². The van der Waals surface area contributed by atoms with E-state index in [2.05, 4.69) is 26.0 Å². The number of carbonyl (C=O) groups is 2. The number of amides is 2. The van der Waals surface area contributed by atoms with E-state index in [0.29, 0.717) is 32.5 Å². The van der Waals surface area contributed by atoms with Gasteiger partial charge in [0.2, 0.25) is 23.7 Å². The van der Waals surface area contributed by atoms with Crippen molar-refractivity contribution in [3.05, 3.63) is 41.7 Å². The van der Waals surface area contributed by atoms with Gasteiger partial charge in [0.05, 0.1) is 5.75 Å². The molecule has 0 aliphatic carbocycles. The first-order valence-electron chi connectivity index (χ1n) is 8.63. The summed E-state index contributed by atoms with van der Waals surface area (Å²) in [5, 5.41) is 17.2. The Morgan fingerprint density at radius 1 is 1.20 bits per heavy atom. The predicted octanol–water partition coefficient (Wildman–Crippen LogP) is 2.95. The van der Waals surface area contributed by atoms with E-state index in [0.717, 1.165) is 5.56 Å². The van der Waals surface area contributed by atoms with Gasteiger partial charge >= 0.3 is 0 Å². The number of fused-ring (bicyclic) bond motifs is 1. The monoisotopic (exact) mass is 445 g/mol. The van der Waals surface area contributed by atoms with Crippen molar-refractivity contribution in [1.82, 2.24) is 15.4 Å². The zero-order valence-electron chi connectivity index (χ0n) is 15.6. The van der Waals surface area contributed by atoms with Crippen molar-refractivity contribution in [1.29, 1.82) is 0 Å². The Bertz CT molecular complexity index is 1110. The first-order valence-corrected chi connectivity index (χ1v) is 10.4. The molecular weight excluding hydrogens is 430 g/mol. The first kappa shape index (κ1) is 19.9. The summed E-state index contributed by atoms with van der Waals surface area (Å²) in [5.74, 6) is 1.82. The van der Waals surface area contributed by atoms with Gasteiger partial charge in [-0.15, -0.1) is 10.2 Å². The van der Waals surface area contributed by atoms with Crippen molar-refractivity contribution in [3.63, 3.8) is 0 Å². The highest BCUT2D eigenvalue weighted by atomic mass is 32.2. The number of rotatable bonds is 7. The van der Waals surface area contributed by atoms with Crippen LogP contribution in [0.15, 0.2) is 39.2 Å². The smallest absolute Gasteiger partial charge is 0.250 e. The molecule has 4 rings (SSSR count). The lowest BCUT2D eigenvalue weighted by molar-refractivity contribution is -0.114. The van der Waals surface area contributed by atoms with Crippen molar-refractivity contribution < 1.29 is 23.6 Å². The topological polar surface area (TPSA) is 128 Å². The highest BCUT2D eigenvalue weighted by molar-refractivity contribution is 8.01. The molecule has 0 saturated carbocycles. The van der Waals surface area contributed by atoms with Gasteiger partial charge in [-0.2, -0.15) is 0 Å². The Morgan fingerprint density at radius 3 is 2.90 bits per heavy atom. The van der Waals surface area contributed by atoms with Crippen molar-refractivity contribution >= 4 is 51.9 Å². The van der Waals surface area contributed by atoms with Crippen LogP contribution in [0.5, 0.6) is 11.5 Å². The molecule has 3 heterocycles. The number of thioether (sulfide) groups is 1. The lowest BCUT2D eigenvalue weighted by Gasteiger charge is -1.98. The molecule has 0 unspecified atom stereocenters. The summed E-state index contributed by atoms with van der Waals surface area (Å²) < 4.78 is 16.0. The standard InChI is InChI=1S/C18H15N5O5S2/c1-10-6-14(23-28-10)19-16(25)8-29-18-22-21-17(30-18)20-15(24)5-3-11-2-4-12-13(7-11)27-9-26-12/h2-7H,8-9H2,1H3,(H,19,23,25)(H,20,21,24)/b5-3-. The number of anilines is 2. The number of benzene rings is 1. The fourth-order valence-electron chi connectivity index (χ4n) is 2.39. The van der Waals surface area contributed by atoms with Gasteiger partial charge in [-0.1, -0.05) is 34.3 Å². The zero-order valence-corrected chi connectivity index (χ0v) is 17.2. The maximum absolute atomic E-state index is 12.1. The van der Waals surface area contributed by atoms with E-state index in [9.17, 15) is 9.59 Å². The largest absolute Gasteiger partial charge is 0.454 e. The van der Waals surface area contributed by atoms with E-state index >= 15 is 0 Å². The Kier molecular flexibility index (Phi) is 5.95. The van der Waals surface area contributed by atoms with E-state index in [1.807, 2.05) is 6.07 Å². The van der Waals surface area contributed by atoms with Crippen LogP contribution < -0.4 is 20.1 Å². The summed E-state index contributed by atoms with van der Waals surface area (Å²) in [6.07, 6.45) is 3.04. The van der Waals surface area contributed by atoms with Crippen molar-refractivity contribution in [3.8, 4) is 11.5 Å². The number of hydrogen-bond acceptors (Lipinski definition) is 10. The van der Waals surface area contributed by atoms with E-state index in [1.54, 1.807) is 31.2 Å². The molecule has 0 saturated heterocycles. The maximum Gasteiger partial charge on any atom is 0.250 e. The number of aromatic nitrogens is 3. The average molecular weight is 445 g/mol. The van der Waals surface area contributed by atoms with Crippen molar-refractivity contribution in [2.75, 3.05) is 23.2 Å². The summed E-state index contributed by atoms with van der Waals surface area (Å²) in [4.78, 5) is 24.0. The summed E-state index contributed by atoms with van der Waals surface area (Å²) >= 11 is 2.38. The summed E-state index contributed by atoms with van der Waals surface area (Å²) in [5.41, 5.74) is 0.802. The molecule has 0 bridgehead atoms. The second-order valence-corrected chi connectivity index (χ2v) is 8.17. The SMILES string of the molecule is Cc1cc(NC(=O)CSc2nnc(NC(=O)/C=C\c3ccc4c(c3)OCO4)s2)no1. The van der Waals surface area contributed by atoms with Crippen LogP contribution in [-0.2, 0) is 9.59 Å². The van der Waals surface area contributed by atoms with Crippen LogP contribution in [-0.4, -0.2) is 39.7 Å². The molecule has 0 fully saturated rings. The second kappa shape index (κ2) is 8.97. The van der Waals surface area contributed by atoms with Gasteiger partial charge in [0.1, 0.15) is 5.76 Å². The second-order valence-electron chi connectivity index (χ2n) is 5.97. The molecule has 1 aliphatic heterocycles. The van der Waals surface area contributed by atoms with Crippen LogP contribution in [0.2, 0.25) is 0 Å². The number of carbonyl (C=O) groups excluding carboxylic acids is 2. The molecule has 154 valence electrons. The molecule has 2 amide bonds. The van der Waals surface area contributed by atoms with Gasteiger partial charge in [-0.05, 0) is 30.7 Å². The van der Waals surface area contributed by atoms with Gasteiger partial charge in [-0.3, -0.25) is 14.9 Å². The van der Waals surface area contributed by atoms with Crippen LogP contribution in [0.4, 0.5) is 10.9 Å². The fourth-order valence-corrected chi connectivity index (χ4v) is 3.94. The van der Waals surface area contributed by atoms with Crippen LogP contribution in [0.1, 0.15) is 11.3 Å². The van der Waals surface area contributed by atoms with Crippen molar-refractivity contribution in [2.24, 2.45) is 0 Å². The third-order valence-electron chi connectivity index (χ3n) is 3.68. The number of hydrogen-bond donors (Lipinski definition) is 2. The van der Waals surface area contributed by atoms with E-state index in [-0.39, 0.29) is 24.4 Å². The molecule has 1 aromatic carbocycles. The molecule has 12 heteroatoms. The predicted molar refractivity (Wildman–Crippen MR) is 111 cm³/mol. The minimum absolute atomic E-state index is 0.124. The molecule has 0 atom stereocenters. The average Bonchev–Trinajstić information content (AvgIpc) is 3.46. The Hall–Kier alpha value is -3.38. The molecule has 1 aliphatic rings. The Balaban J connectivity index is 1.25. The van der Waals surface area contributed by atoms with Gasteiger partial charge in [0.15, 0.2) is 21.7 Å². The van der Waals surface area contributed by atoms with E-state index in [4.69, 9.17) is 14.0 Å². The minimum Gasteiger partial charge on any atom is -0.454 e.